The number of nitrogens with zero attached hydrogens (tertiary/aromatic N) is 5. The summed E-state index contributed by atoms with van der Waals surface area (Å²) in [7, 11) is 2.96. The number of nitrogens with one attached hydrogen (secondary N) is 3. The van der Waals surface area contributed by atoms with Gasteiger partial charge in [0, 0.05) is 55.5 Å². The zero-order chi connectivity index (χ0) is 58.9. The molecule has 3 aromatic carbocycles. The fourth-order valence-electron chi connectivity index (χ4n) is 10.1. The third-order valence-corrected chi connectivity index (χ3v) is 15.2. The number of halogens is 1. The lowest BCUT2D eigenvalue weighted by Crippen LogP contribution is -2.53. The fourth-order valence-corrected chi connectivity index (χ4v) is 10.6. The molecule has 0 aromatic heterocycles. The molecular weight excluding hydrogens is 1120 g/mol. The highest BCUT2D eigenvalue weighted by atomic mass is 79.9. The summed E-state index contributed by atoms with van der Waals surface area (Å²) < 4.78 is 29.6. The lowest BCUT2D eigenvalue weighted by atomic mass is 10.0. The number of carbonyl (C=O) groups excluding carboxylic acids is 8. The molecule has 4 N–H and O–H groups in total. The Morgan fingerprint density at radius 3 is 2.04 bits per heavy atom. The van der Waals surface area contributed by atoms with Gasteiger partial charge in [-0.1, -0.05) is 43.5 Å². The number of amides is 8. The standard InChI is InChI=1S/C59H69BrN8O14/c1-33(2)52(64-50(69)14-10-8-11-19-65-51(70)26-42(60)57(65)75)54(72)62-36(5)53(71)63-38-17-15-37(16-18-38)32-82-59(77)68-44-28-49(47(79-7)25-41(44)56(74)67-31-35(4)23-45(67)58(68)76)81-21-13-9-12-20-80-48-27-43-40(24-46(48)78-6)55(73)66-30-34(3)22-39(66)29-61-43/h15-18,24-31,33,36,39,45,52,58,76H,8-14,19-23,32H2,1-7H3,(H,62,72)(H,63,71)(H,64,69)/t36?,39-,45-,52?,58?/m1/s1. The molecule has 0 bridgehead atoms. The Balaban J connectivity index is 0.826. The molecule has 5 atom stereocenters. The summed E-state index contributed by atoms with van der Waals surface area (Å²) in [6, 6.07) is 9.98. The van der Waals surface area contributed by atoms with Gasteiger partial charge in [-0.2, -0.15) is 0 Å². The van der Waals surface area contributed by atoms with Gasteiger partial charge in [0.1, 0.15) is 18.7 Å². The van der Waals surface area contributed by atoms with E-state index in [1.807, 2.05) is 20.0 Å². The Morgan fingerprint density at radius 2 is 1.38 bits per heavy atom. The second-order valence-corrected chi connectivity index (χ2v) is 22.0. The van der Waals surface area contributed by atoms with E-state index in [0.29, 0.717) is 85.6 Å². The molecule has 23 heteroatoms. The monoisotopic (exact) mass is 1190 g/mol. The minimum absolute atomic E-state index is 0.0629. The number of aliphatic hydroxyl groups excluding tert-OH is 1. The predicted molar refractivity (Wildman–Crippen MR) is 306 cm³/mol. The van der Waals surface area contributed by atoms with Crippen LogP contribution in [-0.4, -0.2) is 138 Å². The van der Waals surface area contributed by atoms with Crippen molar-refractivity contribution >= 4 is 86.7 Å². The van der Waals surface area contributed by atoms with Gasteiger partial charge >= 0.3 is 6.09 Å². The van der Waals surface area contributed by atoms with Crippen molar-refractivity contribution < 1.29 is 67.1 Å². The van der Waals surface area contributed by atoms with E-state index < -0.39 is 48.2 Å². The highest BCUT2D eigenvalue weighted by Crippen LogP contribution is 2.43. The quantitative estimate of drug-likeness (QED) is 0.0499. The van der Waals surface area contributed by atoms with Crippen molar-refractivity contribution in [3.8, 4) is 23.0 Å². The maximum absolute atomic E-state index is 14.2. The Kier molecular flexibility index (Phi) is 19.5. The summed E-state index contributed by atoms with van der Waals surface area (Å²) in [5, 5.41) is 20.1. The lowest BCUT2D eigenvalue weighted by molar-refractivity contribution is -0.137. The summed E-state index contributed by atoms with van der Waals surface area (Å²) in [6.45, 7) is 9.45. The largest absolute Gasteiger partial charge is 0.493 e. The number of imide groups is 1. The molecule has 5 aliphatic heterocycles. The number of benzene rings is 3. The fraction of sp³-hybridized carbons (Fsp3) is 0.441. The topological polar surface area (TPSA) is 264 Å². The third kappa shape index (κ3) is 13.8. The molecule has 3 unspecified atom stereocenters. The van der Waals surface area contributed by atoms with E-state index in [-0.39, 0.29) is 89.0 Å². The first kappa shape index (κ1) is 60.1. The van der Waals surface area contributed by atoms with E-state index in [9.17, 15) is 43.5 Å². The van der Waals surface area contributed by atoms with Crippen LogP contribution in [0.4, 0.5) is 21.9 Å². The molecule has 8 amide bonds. The molecule has 5 aliphatic rings. The van der Waals surface area contributed by atoms with Crippen LogP contribution in [-0.2, 0) is 35.3 Å². The van der Waals surface area contributed by atoms with Gasteiger partial charge in [-0.3, -0.25) is 43.5 Å². The summed E-state index contributed by atoms with van der Waals surface area (Å²) >= 11 is 3.07. The molecule has 436 valence electrons. The smallest absolute Gasteiger partial charge is 0.416 e. The Labute approximate surface area is 484 Å². The minimum Gasteiger partial charge on any atom is -0.493 e. The molecule has 0 saturated heterocycles. The molecule has 0 aliphatic carbocycles. The Morgan fingerprint density at radius 1 is 0.744 bits per heavy atom. The number of unbranched alkanes of at least 4 members (excludes halogenated alkanes) is 4. The number of carbonyl (C=O) groups is 8. The highest BCUT2D eigenvalue weighted by Gasteiger charge is 2.45. The molecule has 3 aromatic rings. The SMILES string of the molecule is COc1cc2c(cc1OCCCCCOc1cc3c(cc1OC)C(=O)N1C=C(C)C[C@@H]1C(O)N3C(=O)OCc1ccc(NC(=O)C(C)NC(=O)C(NC(=O)CCCCCN3C(=O)C=C(Br)C3=O)C(C)C)cc1)N=C[C@H]1CC(C)=CN1C2=O. The Bertz CT molecular complexity index is 3120. The summed E-state index contributed by atoms with van der Waals surface area (Å²) in [6.07, 6.45) is 8.75. The number of hydrogen-bond acceptors (Lipinski definition) is 15. The van der Waals surface area contributed by atoms with Crippen molar-refractivity contribution in [1.82, 2.24) is 25.3 Å². The first-order chi connectivity index (χ1) is 39.3. The van der Waals surface area contributed by atoms with Crippen LogP contribution < -0.4 is 39.8 Å². The number of fused-ring (bicyclic) bond motifs is 4. The summed E-state index contributed by atoms with van der Waals surface area (Å²) in [5.74, 6) is -1.71. The molecule has 0 fully saturated rings. The van der Waals surface area contributed by atoms with Crippen LogP contribution >= 0.6 is 15.9 Å². The molecule has 8 rings (SSSR count). The van der Waals surface area contributed by atoms with Gasteiger partial charge in [0.25, 0.3) is 23.6 Å². The Hall–Kier alpha value is -8.05. The van der Waals surface area contributed by atoms with Crippen LogP contribution in [0.5, 0.6) is 23.0 Å². The third-order valence-electron chi connectivity index (χ3n) is 14.6. The van der Waals surface area contributed by atoms with Gasteiger partial charge in [-0.25, -0.2) is 9.69 Å². The first-order valence-electron chi connectivity index (χ1n) is 27.4. The van der Waals surface area contributed by atoms with Crippen molar-refractivity contribution in [3.05, 3.63) is 99.3 Å². The van der Waals surface area contributed by atoms with Crippen LogP contribution in [0.3, 0.4) is 0 Å². The summed E-state index contributed by atoms with van der Waals surface area (Å²) in [5.41, 5.74) is 3.95. The van der Waals surface area contributed by atoms with Crippen molar-refractivity contribution in [2.45, 2.75) is 129 Å². The second kappa shape index (κ2) is 26.7. The molecule has 0 spiro atoms. The van der Waals surface area contributed by atoms with Crippen molar-refractivity contribution in [1.29, 1.82) is 0 Å². The van der Waals surface area contributed by atoms with Crippen molar-refractivity contribution in [2.24, 2.45) is 10.9 Å². The molecule has 82 heavy (non-hydrogen) atoms. The van der Waals surface area contributed by atoms with Crippen molar-refractivity contribution in [2.75, 3.05) is 44.2 Å². The lowest BCUT2D eigenvalue weighted by Gasteiger charge is -2.31. The number of ether oxygens (including phenoxy) is 5. The number of hydrogen-bond donors (Lipinski definition) is 4. The van der Waals surface area contributed by atoms with Crippen LogP contribution in [0.1, 0.15) is 119 Å². The highest BCUT2D eigenvalue weighted by molar-refractivity contribution is 9.12. The van der Waals surface area contributed by atoms with Gasteiger partial charge in [0.15, 0.2) is 29.2 Å². The van der Waals surface area contributed by atoms with Gasteiger partial charge in [0.2, 0.25) is 17.7 Å². The average molecular weight is 1190 g/mol. The van der Waals surface area contributed by atoms with E-state index in [0.717, 1.165) is 27.4 Å². The number of rotatable bonds is 24. The average Bonchev–Trinajstić information content (AvgIpc) is 3.01. The van der Waals surface area contributed by atoms with E-state index in [1.165, 1.54) is 44.3 Å². The first-order valence-corrected chi connectivity index (χ1v) is 28.2. The van der Waals surface area contributed by atoms with Gasteiger partial charge < -0.3 is 54.5 Å². The molecule has 5 heterocycles. The number of aliphatic imine (C=N–C) groups is 1. The maximum Gasteiger partial charge on any atom is 0.416 e. The predicted octanol–water partition coefficient (Wildman–Crippen LogP) is 7.55. The second-order valence-electron chi connectivity index (χ2n) is 21.1. The van der Waals surface area contributed by atoms with Crippen molar-refractivity contribution in [3.63, 3.8) is 0 Å². The van der Waals surface area contributed by atoms with E-state index >= 15 is 0 Å². The van der Waals surface area contributed by atoms with Gasteiger partial charge in [-0.05, 0) is 117 Å². The van der Waals surface area contributed by atoms with E-state index in [4.69, 9.17) is 23.7 Å². The van der Waals surface area contributed by atoms with E-state index in [2.05, 4.69) is 36.9 Å². The van der Waals surface area contributed by atoms with Crippen LogP contribution in [0.25, 0.3) is 0 Å². The van der Waals surface area contributed by atoms with Crippen LogP contribution in [0.15, 0.2) is 87.6 Å². The number of methoxy groups -OCH3 is 2. The summed E-state index contributed by atoms with van der Waals surface area (Å²) in [4.78, 5) is 115. The zero-order valence-corrected chi connectivity index (χ0v) is 48.5. The van der Waals surface area contributed by atoms with Crippen LogP contribution in [0.2, 0.25) is 0 Å². The molecule has 0 saturated carbocycles. The van der Waals surface area contributed by atoms with Crippen LogP contribution in [0, 0.1) is 5.92 Å². The van der Waals surface area contributed by atoms with Gasteiger partial charge in [0.05, 0.1) is 66.5 Å². The number of aliphatic hydroxyl groups is 1. The number of anilines is 2. The normalized spacial score (nSPS) is 18.8. The van der Waals surface area contributed by atoms with Gasteiger partial charge in [-0.15, -0.1) is 0 Å². The molecule has 0 radical (unpaired) electrons. The van der Waals surface area contributed by atoms with E-state index in [1.54, 1.807) is 67.6 Å². The zero-order valence-electron chi connectivity index (χ0n) is 47.0. The maximum atomic E-state index is 14.2. The molecule has 22 nitrogen and oxygen atoms in total. The molecular formula is C59H69BrN8O14. The minimum atomic E-state index is -1.52.